The number of aromatic nitrogens is 5. The van der Waals surface area contributed by atoms with Gasteiger partial charge in [0, 0.05) is 38.0 Å². The van der Waals surface area contributed by atoms with E-state index in [1.54, 1.807) is 97.1 Å². The molecule has 0 radical (unpaired) electrons. The van der Waals surface area contributed by atoms with Crippen molar-refractivity contribution in [2.24, 2.45) is 7.05 Å². The number of nitrogens with zero attached hydrogens (tertiary/aromatic N) is 4. The van der Waals surface area contributed by atoms with Crippen LogP contribution in [0.3, 0.4) is 0 Å². The quantitative estimate of drug-likeness (QED) is 0.115. The predicted molar refractivity (Wildman–Crippen MR) is 389 cm³/mol. The highest BCUT2D eigenvalue weighted by Crippen LogP contribution is 2.21. The fourth-order valence-electron chi connectivity index (χ4n) is 9.25. The van der Waals surface area contributed by atoms with Crippen LogP contribution >= 0.6 is 92.2 Å². The van der Waals surface area contributed by atoms with E-state index in [1.165, 1.54) is 92.0 Å². The lowest BCUT2D eigenvalue weighted by Crippen LogP contribution is -2.25. The van der Waals surface area contributed by atoms with Crippen molar-refractivity contribution in [2.45, 2.75) is 25.5 Å². The number of H-pyrrole nitrogens is 1. The highest BCUT2D eigenvalue weighted by molar-refractivity contribution is 14.1. The van der Waals surface area contributed by atoms with Gasteiger partial charge in [-0.15, -0.1) is 11.6 Å². The van der Waals surface area contributed by atoms with E-state index in [0.29, 0.717) is 87.0 Å². The van der Waals surface area contributed by atoms with Gasteiger partial charge in [-0.2, -0.15) is 0 Å². The maximum Gasteiger partial charge on any atom is 0.422 e. The van der Waals surface area contributed by atoms with Crippen LogP contribution in [0.25, 0.3) is 54.5 Å². The van der Waals surface area contributed by atoms with E-state index in [1.807, 2.05) is 35.3 Å². The van der Waals surface area contributed by atoms with E-state index in [0.717, 1.165) is 11.1 Å². The number of rotatable bonds is 7. The van der Waals surface area contributed by atoms with E-state index in [-0.39, 0.29) is 46.7 Å². The monoisotopic (exact) mass is 1590 g/mol. The zero-order chi connectivity index (χ0) is 72.5. The maximum atomic E-state index is 12.9. The zero-order valence-corrected chi connectivity index (χ0v) is 58.2. The van der Waals surface area contributed by atoms with Gasteiger partial charge in [-0.3, -0.25) is 23.3 Å². The molecule has 0 atom stereocenters. The minimum absolute atomic E-state index is 0.168. The smallest absolute Gasteiger partial charge is 0.372 e. The summed E-state index contributed by atoms with van der Waals surface area (Å²) in [5, 5.41) is 3.36. The van der Waals surface area contributed by atoms with Crippen LogP contribution in [0.5, 0.6) is 0 Å². The van der Waals surface area contributed by atoms with Crippen LogP contribution in [0.4, 0.5) is 13.2 Å². The SMILES string of the molecule is CI.Cn1c(=O)oc(=O)c2cc(Cl)ccc21.Fc1ccc(CCl)cc1.O=c1[nH]c2ccc(Cl)cc2c(=O)o1.O=c1oc(=O)n(Cc2ccc(F)cc2)c2ccc(Cl)cc12.O=c1oc(=O)n(Cc2ccc(F)cc2)c2ccc(Cl)cc12.O=c1oc(=O)n(Cc2ccccc2)c2ccc(Cl)cc12. The first-order valence-electron chi connectivity index (χ1n) is 28.7. The fourth-order valence-corrected chi connectivity index (χ4v) is 10.3. The first-order chi connectivity index (χ1) is 47.8. The molecule has 0 saturated carbocycles. The second-order valence-electron chi connectivity index (χ2n) is 20.6. The van der Waals surface area contributed by atoms with Crippen molar-refractivity contribution in [3.8, 4) is 0 Å². The number of aryl methyl sites for hydroxylation is 1. The Morgan fingerprint density at radius 2 is 0.640 bits per heavy atom. The summed E-state index contributed by atoms with van der Waals surface area (Å²) in [4.78, 5) is 119. The van der Waals surface area contributed by atoms with Crippen LogP contribution < -0.4 is 56.9 Å². The molecule has 0 spiro atoms. The molecule has 1 N–H and O–H groups in total. The Morgan fingerprint density at radius 1 is 0.350 bits per heavy atom. The molecule has 0 aliphatic heterocycles. The fraction of sp³-hybridized carbons (Fsp3) is 0.0857. The number of halogens is 10. The van der Waals surface area contributed by atoms with Crippen molar-refractivity contribution < 1.29 is 35.3 Å². The van der Waals surface area contributed by atoms with E-state index >= 15 is 0 Å². The normalized spacial score (nSPS) is 10.6. The molecule has 30 heteroatoms. The number of benzene rings is 9. The van der Waals surface area contributed by atoms with E-state index in [2.05, 4.69) is 36.4 Å². The summed E-state index contributed by atoms with van der Waals surface area (Å²) in [7, 11) is 1.53. The summed E-state index contributed by atoms with van der Waals surface area (Å²) in [6.07, 6.45) is 0. The lowest BCUT2D eigenvalue weighted by molar-refractivity contribution is 0.424. The topological polar surface area (TPSA) is 272 Å². The summed E-state index contributed by atoms with van der Waals surface area (Å²) in [5.74, 6) is -4.13. The van der Waals surface area contributed by atoms with Crippen molar-refractivity contribution in [1.82, 2.24) is 23.3 Å². The Labute approximate surface area is 602 Å². The molecule has 0 aliphatic carbocycles. The second kappa shape index (κ2) is 35.1. The molecule has 0 amide bonds. The van der Waals surface area contributed by atoms with Crippen LogP contribution in [0, 0.1) is 17.5 Å². The minimum Gasteiger partial charge on any atom is -0.372 e. The summed E-state index contributed by atoms with van der Waals surface area (Å²) in [5.41, 5.74) is 2.13. The number of fused-ring (bicyclic) bond motifs is 5. The summed E-state index contributed by atoms with van der Waals surface area (Å²) >= 11 is 36.6. The van der Waals surface area contributed by atoms with E-state index in [4.69, 9.17) is 82.9 Å². The van der Waals surface area contributed by atoms with Gasteiger partial charge in [0.05, 0.1) is 74.1 Å². The molecular weight excluding hydrogens is 1550 g/mol. The van der Waals surface area contributed by atoms with E-state index < -0.39 is 56.9 Å². The third-order valence-corrected chi connectivity index (χ3v) is 15.5. The molecule has 0 saturated heterocycles. The standard InChI is InChI=1S/2C15H9ClFNO3.C15H10ClNO3.C9H6ClNO3.C8H4ClNO3.C7H6ClF.CH3I/c2*16-10-3-6-13-12(7-10)14(19)21-15(20)18(13)8-9-1-4-11(17)5-2-9;16-11-6-7-13-12(8-11)14(18)20-15(19)17(13)9-10-4-2-1-3-5-10;1-11-7-3-2-5(10)4-6(7)8(12)14-9(11)13;9-4-1-2-6-5(3-4)7(11)13-8(12)10-6;8-5-6-1-3-7(9)4-2-6;1-2/h2*1-7H,8H2;1-8H,9H2;2-4H,1H3;1-3H,(H,10,12);1-4H,5H2;1H3. The van der Waals surface area contributed by atoms with Gasteiger partial charge in [0.1, 0.15) is 17.5 Å². The number of alkyl halides is 2. The highest BCUT2D eigenvalue weighted by atomic mass is 127. The van der Waals surface area contributed by atoms with Crippen LogP contribution in [0.15, 0.2) is 264 Å². The van der Waals surface area contributed by atoms with Crippen molar-refractivity contribution in [1.29, 1.82) is 0 Å². The third kappa shape index (κ3) is 19.9. The number of nitrogens with one attached hydrogen (secondary N) is 1. The van der Waals surface area contributed by atoms with Crippen LogP contribution in [-0.4, -0.2) is 28.2 Å². The van der Waals surface area contributed by atoms with Gasteiger partial charge >= 0.3 is 56.9 Å². The number of hydrogen-bond acceptors (Lipinski definition) is 15. The van der Waals surface area contributed by atoms with Gasteiger partial charge in [-0.05, 0) is 155 Å². The number of hydrogen-bond donors (Lipinski definition) is 1. The largest absolute Gasteiger partial charge is 0.422 e. The van der Waals surface area contributed by atoms with Crippen LogP contribution in [-0.2, 0) is 32.6 Å². The first kappa shape index (κ1) is 75.7. The second-order valence-corrected chi connectivity index (χ2v) is 23.0. The minimum atomic E-state index is -0.765. The van der Waals surface area contributed by atoms with Crippen molar-refractivity contribution in [3.63, 3.8) is 0 Å². The molecular formula is C70H47Cl6F3IN5O15. The molecule has 9 aromatic carbocycles. The highest BCUT2D eigenvalue weighted by Gasteiger charge is 2.15. The average molecular weight is 1590 g/mol. The van der Waals surface area contributed by atoms with Crippen molar-refractivity contribution in [3.05, 3.63) is 364 Å². The first-order valence-corrected chi connectivity index (χ1v) is 33.2. The lowest BCUT2D eigenvalue weighted by Gasteiger charge is -2.08. The van der Waals surface area contributed by atoms with Gasteiger partial charge in [0.25, 0.3) is 0 Å². The predicted octanol–water partition coefficient (Wildman–Crippen LogP) is 14.1. The molecule has 0 unspecified atom stereocenters. The zero-order valence-electron chi connectivity index (χ0n) is 51.5. The summed E-state index contributed by atoms with van der Waals surface area (Å²) in [6, 6.07) is 50.4. The van der Waals surface area contributed by atoms with Gasteiger partial charge in [-0.25, -0.2) is 61.1 Å². The lowest BCUT2D eigenvalue weighted by atomic mass is 10.2. The molecule has 5 heterocycles. The Balaban J connectivity index is 0.000000155. The van der Waals surface area contributed by atoms with Gasteiger partial charge in [0.15, 0.2) is 0 Å². The maximum absolute atomic E-state index is 12.9. The summed E-state index contributed by atoms with van der Waals surface area (Å²) < 4.78 is 66.2. The molecule has 20 nitrogen and oxygen atoms in total. The van der Waals surface area contributed by atoms with Crippen LogP contribution in [0.2, 0.25) is 25.1 Å². The molecule has 0 fully saturated rings. The van der Waals surface area contributed by atoms with E-state index in [9.17, 15) is 61.1 Å². The van der Waals surface area contributed by atoms with Crippen molar-refractivity contribution >= 4 is 147 Å². The molecule has 14 aromatic rings. The molecule has 0 aliphatic rings. The molecule has 0 bridgehead atoms. The Hall–Kier alpha value is -10.1. The Bertz CT molecular complexity index is 5770. The van der Waals surface area contributed by atoms with Gasteiger partial charge in [0.2, 0.25) is 0 Å². The Morgan fingerprint density at radius 3 is 1.00 bits per heavy atom. The molecule has 512 valence electrons. The average Bonchev–Trinajstić information content (AvgIpc) is 0.810. The third-order valence-electron chi connectivity index (χ3n) is 14.0. The van der Waals surface area contributed by atoms with Gasteiger partial charge < -0.3 is 22.1 Å². The number of aromatic amines is 1. The molecule has 5 aromatic heterocycles. The summed E-state index contributed by atoms with van der Waals surface area (Å²) in [6.45, 7) is 0.670. The molecule has 14 rings (SSSR count). The van der Waals surface area contributed by atoms with Crippen molar-refractivity contribution in [2.75, 3.05) is 4.93 Å². The Kier molecular flexibility index (Phi) is 26.6. The molecule has 100 heavy (non-hydrogen) atoms. The van der Waals surface area contributed by atoms with Crippen LogP contribution in [0.1, 0.15) is 22.3 Å². The van der Waals surface area contributed by atoms with Gasteiger partial charge in [-0.1, -0.05) is 147 Å².